The van der Waals surface area contributed by atoms with Crippen molar-refractivity contribution in [1.82, 2.24) is 15.6 Å². The fourth-order valence-corrected chi connectivity index (χ4v) is 7.29. The number of β-lactam (4-membered cyclic amide) rings is 1. The number of carbonyl (C=O) groups is 3. The number of nitrogens with zero attached hydrogens (tertiary/aromatic N) is 2. The lowest BCUT2D eigenvalue weighted by Gasteiger charge is -2.49. The van der Waals surface area contributed by atoms with Gasteiger partial charge in [-0.2, -0.15) is 5.10 Å². The fourth-order valence-electron chi connectivity index (χ4n) is 5.10. The molecule has 2 aliphatic heterocycles. The summed E-state index contributed by atoms with van der Waals surface area (Å²) in [4.78, 5) is 43.1. The molecule has 1 unspecified atom stereocenters. The zero-order valence-electron chi connectivity index (χ0n) is 23.9. The highest BCUT2D eigenvalue weighted by Crippen LogP contribution is 2.41. The van der Waals surface area contributed by atoms with Crippen molar-refractivity contribution in [3.63, 3.8) is 0 Å². The Morgan fingerprint density at radius 2 is 1.60 bits per heavy atom. The van der Waals surface area contributed by atoms with E-state index in [4.69, 9.17) is 17.0 Å². The van der Waals surface area contributed by atoms with E-state index in [1.165, 1.54) is 34.2 Å². The number of hydrazone groups is 1. The Balaban J connectivity index is 1.27. The van der Waals surface area contributed by atoms with E-state index in [2.05, 4.69) is 15.8 Å². The van der Waals surface area contributed by atoms with Crippen LogP contribution in [0, 0.1) is 0 Å². The van der Waals surface area contributed by atoms with E-state index in [1.807, 2.05) is 109 Å². The average Bonchev–Trinajstić information content (AvgIpc) is 3.59. The molecule has 45 heavy (non-hydrogen) atoms. The molecule has 3 heterocycles. The molecule has 0 radical (unpaired) electrons. The minimum atomic E-state index is -0.758. The molecule has 2 N–H and O–H groups in total. The van der Waals surface area contributed by atoms with Gasteiger partial charge in [0.1, 0.15) is 22.1 Å². The van der Waals surface area contributed by atoms with Crippen LogP contribution < -0.4 is 10.7 Å². The smallest absolute Gasteiger partial charge is 0.356 e. The molecule has 6 rings (SSSR count). The molecule has 226 valence electrons. The van der Waals surface area contributed by atoms with Gasteiger partial charge >= 0.3 is 5.97 Å². The van der Waals surface area contributed by atoms with Crippen LogP contribution in [0.2, 0.25) is 0 Å². The number of ether oxygens (including phenoxy) is 1. The Hall–Kier alpha value is -4.58. The van der Waals surface area contributed by atoms with Crippen LogP contribution in [-0.4, -0.2) is 51.1 Å². The maximum Gasteiger partial charge on any atom is 0.356 e. The number of rotatable bonds is 10. The van der Waals surface area contributed by atoms with Gasteiger partial charge in [0.25, 0.3) is 5.91 Å². The van der Waals surface area contributed by atoms with Gasteiger partial charge in [0.2, 0.25) is 5.91 Å². The number of carbonyl (C=O) groups excluding carboxylic acids is 3. The highest BCUT2D eigenvalue weighted by atomic mass is 32.2. The molecule has 1 aromatic heterocycles. The predicted molar refractivity (Wildman–Crippen MR) is 181 cm³/mol. The quantitative estimate of drug-likeness (QED) is 0.0796. The van der Waals surface area contributed by atoms with Crippen LogP contribution in [0.1, 0.15) is 27.7 Å². The first-order chi connectivity index (χ1) is 22.0. The Labute approximate surface area is 274 Å². The first-order valence-electron chi connectivity index (χ1n) is 14.2. The van der Waals surface area contributed by atoms with Crippen LogP contribution in [0.5, 0.6) is 0 Å². The minimum absolute atomic E-state index is 0.0977. The summed E-state index contributed by atoms with van der Waals surface area (Å²) in [6.45, 7) is 0. The van der Waals surface area contributed by atoms with Gasteiger partial charge in [-0.1, -0.05) is 109 Å². The van der Waals surface area contributed by atoms with Crippen LogP contribution in [-0.2, 0) is 25.5 Å². The van der Waals surface area contributed by atoms with Gasteiger partial charge in [0.05, 0.1) is 12.6 Å². The molecule has 1 fully saturated rings. The monoisotopic (exact) mass is 652 g/mol. The van der Waals surface area contributed by atoms with E-state index in [0.717, 1.165) is 21.6 Å². The number of hydrogen-bond acceptors (Lipinski definition) is 8. The lowest BCUT2D eigenvalue weighted by molar-refractivity contribution is -0.154. The fraction of sp³-hybridized carbons (Fsp3) is 0.147. The van der Waals surface area contributed by atoms with Crippen molar-refractivity contribution in [3.8, 4) is 0 Å². The standard InChI is InChI=1S/C34H28N4O4S3/c39-27(19-26-17-10-18-44-26)36-28-32(40)38-29(25(21-45-33(28)38)20-35-37-31(43)24-15-8-3-9-16-24)34(41)42-30(22-11-4-1-5-12-22)23-13-6-2-7-14-23/h1-18,20,28,30,33H,19,21H2,(H,36,39)(H,37,43)/t28?,33-/m0/s1. The topological polar surface area (TPSA) is 100 Å². The molecular formula is C34H28N4O4S3. The zero-order valence-corrected chi connectivity index (χ0v) is 26.3. The van der Waals surface area contributed by atoms with E-state index in [9.17, 15) is 14.4 Å². The molecular weight excluding hydrogens is 625 g/mol. The Bertz CT molecular complexity index is 1710. The van der Waals surface area contributed by atoms with Gasteiger partial charge in [0, 0.05) is 21.8 Å². The van der Waals surface area contributed by atoms with Crippen molar-refractivity contribution in [2.75, 3.05) is 5.75 Å². The Kier molecular flexibility index (Phi) is 9.49. The largest absolute Gasteiger partial charge is 0.448 e. The number of thioether (sulfide) groups is 1. The molecule has 2 atom stereocenters. The van der Waals surface area contributed by atoms with Crippen LogP contribution in [0.25, 0.3) is 0 Å². The van der Waals surface area contributed by atoms with Crippen LogP contribution in [0.15, 0.2) is 125 Å². The molecule has 0 spiro atoms. The molecule has 11 heteroatoms. The summed E-state index contributed by atoms with van der Waals surface area (Å²) < 4.78 is 6.18. The number of thiocarbonyl (C=S) groups is 1. The van der Waals surface area contributed by atoms with Gasteiger partial charge in [-0.25, -0.2) is 4.79 Å². The second-order valence-corrected chi connectivity index (χ2v) is 12.8. The molecule has 3 aromatic carbocycles. The second kappa shape index (κ2) is 14.0. The summed E-state index contributed by atoms with van der Waals surface area (Å²) in [5.74, 6) is -0.931. The molecule has 1 saturated heterocycles. The van der Waals surface area contributed by atoms with E-state index < -0.39 is 23.5 Å². The summed E-state index contributed by atoms with van der Waals surface area (Å²) in [7, 11) is 0. The zero-order chi connectivity index (χ0) is 31.2. The summed E-state index contributed by atoms with van der Waals surface area (Å²) in [5, 5.41) is 8.62. The van der Waals surface area contributed by atoms with Crippen LogP contribution in [0.4, 0.5) is 0 Å². The highest BCUT2D eigenvalue weighted by molar-refractivity contribution is 8.00. The number of thiophene rings is 1. The first-order valence-corrected chi connectivity index (χ1v) is 16.5. The summed E-state index contributed by atoms with van der Waals surface area (Å²) in [5.41, 5.74) is 5.83. The predicted octanol–water partition coefficient (Wildman–Crippen LogP) is 5.23. The van der Waals surface area contributed by atoms with E-state index in [1.54, 1.807) is 0 Å². The van der Waals surface area contributed by atoms with E-state index in [-0.39, 0.29) is 23.9 Å². The molecule has 0 aliphatic carbocycles. The minimum Gasteiger partial charge on any atom is -0.448 e. The normalized spacial score (nSPS) is 17.5. The van der Waals surface area contributed by atoms with Crippen molar-refractivity contribution < 1.29 is 19.1 Å². The molecule has 8 nitrogen and oxygen atoms in total. The van der Waals surface area contributed by atoms with Crippen molar-refractivity contribution in [2.24, 2.45) is 5.10 Å². The third-order valence-corrected chi connectivity index (χ3v) is 9.78. The first kappa shape index (κ1) is 30.4. The van der Waals surface area contributed by atoms with Gasteiger partial charge < -0.3 is 10.1 Å². The maximum absolute atomic E-state index is 14.1. The Morgan fingerprint density at radius 1 is 0.956 bits per heavy atom. The number of esters is 1. The van der Waals surface area contributed by atoms with Crippen molar-refractivity contribution >= 4 is 64.3 Å². The molecule has 0 saturated carbocycles. The average molecular weight is 653 g/mol. The number of nitrogens with one attached hydrogen (secondary N) is 2. The van der Waals surface area contributed by atoms with Crippen molar-refractivity contribution in [2.45, 2.75) is 23.9 Å². The molecule has 4 aromatic rings. The van der Waals surface area contributed by atoms with Crippen molar-refractivity contribution in [1.29, 1.82) is 0 Å². The number of hydrogen-bond donors (Lipinski definition) is 2. The summed E-state index contributed by atoms with van der Waals surface area (Å²) >= 11 is 8.39. The Morgan fingerprint density at radius 3 is 2.22 bits per heavy atom. The maximum atomic E-state index is 14.1. The van der Waals surface area contributed by atoms with Gasteiger partial charge in [-0.15, -0.1) is 23.1 Å². The number of benzene rings is 3. The SMILES string of the molecule is O=C(Cc1cccs1)NC1C(=O)N2C(C(=O)OC(c3ccccc3)c3ccccc3)=C(C=NNC(=S)c3ccccc3)CS[C@@H]12. The molecule has 2 amide bonds. The lowest BCUT2D eigenvalue weighted by atomic mass is 10.0. The van der Waals surface area contributed by atoms with Crippen LogP contribution >= 0.6 is 35.3 Å². The number of fused-ring (bicyclic) bond motifs is 1. The van der Waals surface area contributed by atoms with E-state index in [0.29, 0.717) is 16.3 Å². The van der Waals surface area contributed by atoms with Crippen molar-refractivity contribution in [3.05, 3.63) is 141 Å². The molecule has 0 bridgehead atoms. The highest BCUT2D eigenvalue weighted by Gasteiger charge is 2.54. The van der Waals surface area contributed by atoms with E-state index >= 15 is 0 Å². The van der Waals surface area contributed by atoms with Gasteiger partial charge in [-0.3, -0.25) is 19.9 Å². The third-order valence-electron chi connectivity index (χ3n) is 7.27. The van der Waals surface area contributed by atoms with Gasteiger partial charge in [0.15, 0.2) is 6.10 Å². The summed E-state index contributed by atoms with van der Waals surface area (Å²) in [6, 6.07) is 31.3. The third kappa shape index (κ3) is 6.90. The van der Waals surface area contributed by atoms with Gasteiger partial charge in [-0.05, 0) is 22.6 Å². The summed E-state index contributed by atoms with van der Waals surface area (Å²) in [6.07, 6.45) is 0.982. The second-order valence-electron chi connectivity index (χ2n) is 10.3. The molecule has 2 aliphatic rings. The lowest BCUT2D eigenvalue weighted by Crippen LogP contribution is -2.70. The van der Waals surface area contributed by atoms with Crippen LogP contribution in [0.3, 0.4) is 0 Å². The number of amides is 2.